The lowest BCUT2D eigenvalue weighted by Gasteiger charge is -2.19. The van der Waals surface area contributed by atoms with Crippen LogP contribution in [0.15, 0.2) is 87.2 Å². The monoisotopic (exact) mass is 546 g/mol. The van der Waals surface area contributed by atoms with Crippen LogP contribution < -0.4 is 27.5 Å². The fourth-order valence-corrected chi connectivity index (χ4v) is 4.35. The van der Waals surface area contributed by atoms with E-state index in [1.54, 1.807) is 30.3 Å². The average molecular weight is 547 g/mol. The first-order chi connectivity index (χ1) is 18.0. The minimum Gasteiger partial charge on any atom is -0.495 e. The van der Waals surface area contributed by atoms with Gasteiger partial charge in [-0.1, -0.05) is 66.2 Å². The molecule has 0 aliphatic heterocycles. The smallest absolute Gasteiger partial charge is 0.416 e. The molecule has 0 radical (unpaired) electrons. The number of nitrogens with two attached hydrogens (primary N) is 1. The summed E-state index contributed by atoms with van der Waals surface area (Å²) in [5, 5.41) is -0.103. The second-order valence-corrected chi connectivity index (χ2v) is 8.72. The lowest BCUT2D eigenvalue weighted by molar-refractivity contribution is -0.138. The Morgan fingerprint density at radius 1 is 0.868 bits per heavy atom. The Morgan fingerprint density at radius 2 is 1.50 bits per heavy atom. The zero-order valence-corrected chi connectivity index (χ0v) is 20.7. The van der Waals surface area contributed by atoms with Crippen LogP contribution in [0.3, 0.4) is 0 Å². The van der Waals surface area contributed by atoms with Gasteiger partial charge in [-0.05, 0) is 29.3 Å². The molecule has 0 amide bonds. The van der Waals surface area contributed by atoms with Gasteiger partial charge in [-0.25, -0.2) is 28.1 Å². The second-order valence-electron chi connectivity index (χ2n) is 8.35. The molecule has 0 saturated carbocycles. The third-order valence-corrected chi connectivity index (χ3v) is 6.35. The molecule has 0 aliphatic rings. The van der Waals surface area contributed by atoms with Gasteiger partial charge in [-0.15, -0.1) is 0 Å². The minimum absolute atomic E-state index is 0.103. The Hall–Kier alpha value is -4.09. The predicted molar refractivity (Wildman–Crippen MR) is 136 cm³/mol. The van der Waals surface area contributed by atoms with Gasteiger partial charge in [0, 0.05) is 6.04 Å². The van der Waals surface area contributed by atoms with Crippen molar-refractivity contribution < 1.29 is 17.9 Å². The first kappa shape index (κ1) is 27.0. The largest absolute Gasteiger partial charge is 0.495 e. The lowest BCUT2D eigenvalue weighted by atomic mass is 10.1. The van der Waals surface area contributed by atoms with E-state index >= 15 is 0 Å². The van der Waals surface area contributed by atoms with E-state index < -0.39 is 41.4 Å². The van der Waals surface area contributed by atoms with Crippen LogP contribution in [0, 0.1) is 0 Å². The van der Waals surface area contributed by atoms with Gasteiger partial charge >= 0.3 is 23.2 Å². The molecule has 1 unspecified atom stereocenters. The quantitative estimate of drug-likeness (QED) is 0.382. The average Bonchev–Trinajstić information content (AvgIpc) is 2.90. The summed E-state index contributed by atoms with van der Waals surface area (Å²) in [4.78, 5) is 40.5. The van der Waals surface area contributed by atoms with Gasteiger partial charge in [0.2, 0.25) is 0 Å². The van der Waals surface area contributed by atoms with Crippen molar-refractivity contribution in [2.24, 2.45) is 5.73 Å². The van der Waals surface area contributed by atoms with E-state index in [0.29, 0.717) is 19.3 Å². The van der Waals surface area contributed by atoms with Crippen LogP contribution in [0.2, 0.25) is 5.02 Å². The molecule has 0 bridgehead atoms. The Bertz CT molecular complexity index is 1650. The number of halogens is 4. The Balaban J connectivity index is 1.98. The highest BCUT2D eigenvalue weighted by Gasteiger charge is 2.33. The van der Waals surface area contributed by atoms with Crippen LogP contribution in [-0.2, 0) is 19.3 Å². The van der Waals surface area contributed by atoms with Crippen LogP contribution in [0.5, 0.6) is 5.75 Å². The summed E-state index contributed by atoms with van der Waals surface area (Å²) in [5.41, 5.74) is 2.07. The summed E-state index contributed by atoms with van der Waals surface area (Å²) in [6.45, 7) is -1.11. The molecule has 2 N–H and O–H groups in total. The highest BCUT2D eigenvalue weighted by molar-refractivity contribution is 6.33. The van der Waals surface area contributed by atoms with Gasteiger partial charge in [0.05, 0.1) is 31.5 Å². The van der Waals surface area contributed by atoms with Gasteiger partial charge in [0.15, 0.2) is 0 Å². The summed E-state index contributed by atoms with van der Waals surface area (Å²) >= 11 is 6.39. The van der Waals surface area contributed by atoms with Crippen molar-refractivity contribution >= 4 is 11.6 Å². The molecule has 38 heavy (non-hydrogen) atoms. The zero-order chi connectivity index (χ0) is 27.6. The molecule has 4 aromatic rings. The van der Waals surface area contributed by atoms with E-state index in [1.165, 1.54) is 37.4 Å². The molecule has 3 aromatic carbocycles. The Labute approximate surface area is 218 Å². The third-order valence-electron chi connectivity index (χ3n) is 5.97. The number of alkyl halides is 3. The Morgan fingerprint density at radius 3 is 2.16 bits per heavy atom. The number of methoxy groups -OCH3 is 1. The van der Waals surface area contributed by atoms with E-state index in [0.717, 1.165) is 12.1 Å². The SMILES string of the molecule is COc1cccc(-n2c(=O)n(Cc3ccccc3C(F)(F)F)c(=O)n(CC(N)c3ccccc3)c2=O)c1Cl. The van der Waals surface area contributed by atoms with Crippen LogP contribution in [0.1, 0.15) is 22.7 Å². The maximum absolute atomic E-state index is 13.7. The maximum Gasteiger partial charge on any atom is 0.416 e. The fourth-order valence-electron chi connectivity index (χ4n) is 4.07. The van der Waals surface area contributed by atoms with Gasteiger partial charge in [0.1, 0.15) is 10.8 Å². The number of aromatic nitrogens is 3. The van der Waals surface area contributed by atoms with Crippen molar-refractivity contribution in [3.8, 4) is 11.4 Å². The molecule has 1 heterocycles. The number of benzene rings is 3. The van der Waals surface area contributed by atoms with E-state index in [-0.39, 0.29) is 28.6 Å². The molecular formula is C26H22ClF3N4O4. The summed E-state index contributed by atoms with van der Waals surface area (Å²) in [5.74, 6) is 0.142. The van der Waals surface area contributed by atoms with E-state index in [2.05, 4.69) is 0 Å². The van der Waals surface area contributed by atoms with Gasteiger partial charge < -0.3 is 10.5 Å². The standard InChI is InChI=1S/C26H22ClF3N4O4/c1-38-21-13-7-12-20(22(21)27)34-24(36)32(14-17-10-5-6-11-18(17)26(28,29)30)23(35)33(25(34)37)15-19(31)16-8-3-2-4-9-16/h2-13,19H,14-15,31H2,1H3. The highest BCUT2D eigenvalue weighted by Crippen LogP contribution is 2.32. The fraction of sp³-hybridized carbons (Fsp3) is 0.192. The van der Waals surface area contributed by atoms with Crippen molar-refractivity contribution in [1.29, 1.82) is 0 Å². The lowest BCUT2D eigenvalue weighted by Crippen LogP contribution is -2.55. The first-order valence-electron chi connectivity index (χ1n) is 11.3. The first-order valence-corrected chi connectivity index (χ1v) is 11.7. The number of rotatable bonds is 7. The van der Waals surface area contributed by atoms with Crippen molar-refractivity contribution in [3.63, 3.8) is 0 Å². The van der Waals surface area contributed by atoms with Crippen molar-refractivity contribution in [2.75, 3.05) is 7.11 Å². The number of hydrogen-bond donors (Lipinski definition) is 1. The van der Waals surface area contributed by atoms with Crippen molar-refractivity contribution in [3.05, 3.63) is 126 Å². The van der Waals surface area contributed by atoms with Crippen molar-refractivity contribution in [1.82, 2.24) is 13.7 Å². The van der Waals surface area contributed by atoms with E-state index in [4.69, 9.17) is 22.1 Å². The summed E-state index contributed by atoms with van der Waals surface area (Å²) < 4.78 is 48.1. The molecule has 0 fully saturated rings. The minimum atomic E-state index is -4.74. The predicted octanol–water partition coefficient (Wildman–Crippen LogP) is 3.59. The molecule has 12 heteroatoms. The Kier molecular flexibility index (Phi) is 7.61. The van der Waals surface area contributed by atoms with E-state index in [9.17, 15) is 27.6 Å². The molecule has 198 valence electrons. The molecule has 1 aromatic heterocycles. The molecule has 8 nitrogen and oxygen atoms in total. The van der Waals surface area contributed by atoms with Gasteiger partial charge in [0.25, 0.3) is 0 Å². The molecule has 0 saturated heterocycles. The normalized spacial score (nSPS) is 12.4. The number of hydrogen-bond acceptors (Lipinski definition) is 5. The second kappa shape index (κ2) is 10.7. The van der Waals surface area contributed by atoms with Crippen LogP contribution >= 0.6 is 11.6 Å². The van der Waals surface area contributed by atoms with Crippen LogP contribution in [-0.4, -0.2) is 20.8 Å². The van der Waals surface area contributed by atoms with Gasteiger partial charge in [-0.2, -0.15) is 13.2 Å². The zero-order valence-electron chi connectivity index (χ0n) is 20.0. The topological polar surface area (TPSA) is 101 Å². The van der Waals surface area contributed by atoms with Gasteiger partial charge in [-0.3, -0.25) is 0 Å². The molecule has 0 aliphatic carbocycles. The van der Waals surface area contributed by atoms with Crippen LogP contribution in [0.25, 0.3) is 5.69 Å². The summed E-state index contributed by atoms with van der Waals surface area (Å²) in [7, 11) is 1.33. The molecule has 1 atom stereocenters. The molecule has 0 spiro atoms. The molecule has 4 rings (SSSR count). The van der Waals surface area contributed by atoms with E-state index in [1.807, 2.05) is 0 Å². The highest BCUT2D eigenvalue weighted by atomic mass is 35.5. The summed E-state index contributed by atoms with van der Waals surface area (Å²) in [6, 6.07) is 16.6. The maximum atomic E-state index is 13.7. The summed E-state index contributed by atoms with van der Waals surface area (Å²) in [6.07, 6.45) is -4.74. The molecular weight excluding hydrogens is 525 g/mol. The van der Waals surface area contributed by atoms with Crippen LogP contribution in [0.4, 0.5) is 13.2 Å². The third kappa shape index (κ3) is 5.15. The number of nitrogens with zero attached hydrogens (tertiary/aromatic N) is 3. The van der Waals surface area contributed by atoms with Crippen molar-refractivity contribution in [2.45, 2.75) is 25.3 Å². The number of ether oxygens (including phenoxy) is 1.